The lowest BCUT2D eigenvalue weighted by Crippen LogP contribution is -1.98. The maximum absolute atomic E-state index is 11.2. The van der Waals surface area contributed by atoms with Crippen LogP contribution < -0.4 is 0 Å². The zero-order valence-corrected chi connectivity index (χ0v) is 10.9. The van der Waals surface area contributed by atoms with E-state index in [-0.39, 0.29) is 22.6 Å². The summed E-state index contributed by atoms with van der Waals surface area (Å²) in [4.78, 5) is 16.0. The average Bonchev–Trinajstić information content (AvgIpc) is 3.07. The summed E-state index contributed by atoms with van der Waals surface area (Å²) in [5, 5.41) is 11.1. The maximum Gasteiger partial charge on any atom is 0.358 e. The first-order chi connectivity index (χ1) is 9.16. The molecule has 0 spiro atoms. The Bertz CT molecular complexity index is 729. The molecule has 3 aromatic rings. The third-order valence-corrected chi connectivity index (χ3v) is 3.57. The molecule has 0 saturated carbocycles. The number of hydrogen-bond donors (Lipinski definition) is 1. The number of aromatic carboxylic acids is 1. The lowest BCUT2D eigenvalue weighted by atomic mass is 10.2. The third-order valence-electron chi connectivity index (χ3n) is 2.42. The number of rotatable bonds is 3. The van der Waals surface area contributed by atoms with Crippen LogP contribution in [0, 0.1) is 0 Å². The second kappa shape index (κ2) is 4.56. The van der Waals surface area contributed by atoms with Crippen LogP contribution in [0.25, 0.3) is 22.1 Å². The van der Waals surface area contributed by atoms with Crippen LogP contribution in [0.1, 0.15) is 10.5 Å². The highest BCUT2D eigenvalue weighted by Gasteiger charge is 2.24. The third kappa shape index (κ3) is 2.05. The second-order valence-corrected chi connectivity index (χ2v) is 4.88. The molecular weight excluding hydrogens is 290 g/mol. The molecule has 0 bridgehead atoms. The molecule has 1 N–H and O–H groups in total. The van der Waals surface area contributed by atoms with Crippen molar-refractivity contribution >= 4 is 28.9 Å². The Kier molecular flexibility index (Phi) is 2.88. The molecule has 19 heavy (non-hydrogen) atoms. The number of halogens is 1. The lowest BCUT2D eigenvalue weighted by Gasteiger charge is -1.93. The van der Waals surface area contributed by atoms with Gasteiger partial charge in [-0.05, 0) is 29.1 Å². The van der Waals surface area contributed by atoms with Crippen molar-refractivity contribution in [2.75, 3.05) is 0 Å². The normalized spacial score (nSPS) is 10.8. The lowest BCUT2D eigenvalue weighted by molar-refractivity contribution is 0.0691. The molecule has 0 atom stereocenters. The molecule has 0 aliphatic heterocycles. The molecule has 7 heteroatoms. The van der Waals surface area contributed by atoms with Gasteiger partial charge in [-0.1, -0.05) is 6.07 Å². The molecule has 3 heterocycles. The van der Waals surface area contributed by atoms with Crippen molar-refractivity contribution < 1.29 is 18.7 Å². The molecule has 0 saturated heterocycles. The summed E-state index contributed by atoms with van der Waals surface area (Å²) in [6.07, 6.45) is 1.36. The molecule has 0 radical (unpaired) electrons. The molecule has 0 unspecified atom stereocenters. The molecule has 0 aliphatic carbocycles. The van der Waals surface area contributed by atoms with E-state index in [0.717, 1.165) is 4.88 Å². The van der Waals surface area contributed by atoms with Crippen molar-refractivity contribution in [3.63, 3.8) is 0 Å². The number of oxazole rings is 1. The van der Waals surface area contributed by atoms with Crippen LogP contribution in [0.2, 0.25) is 5.22 Å². The highest BCUT2D eigenvalue weighted by Crippen LogP contribution is 2.35. The maximum atomic E-state index is 11.2. The Hall–Kier alpha value is -2.05. The predicted octanol–water partition coefficient (Wildman–Crippen LogP) is 4.01. The number of carboxylic acid groups (broad SMARTS) is 1. The standard InChI is InChI=1S/C12H6ClNO4S/c13-10-6(3-4-17-10)9-8(12(15)16)14-11(18-9)7-2-1-5-19-7/h1-5H,(H,15,16). The number of hydrogen-bond acceptors (Lipinski definition) is 5. The Morgan fingerprint density at radius 3 is 2.84 bits per heavy atom. The number of thiophene rings is 1. The van der Waals surface area contributed by atoms with Gasteiger partial charge >= 0.3 is 5.97 Å². The first-order valence-corrected chi connectivity index (χ1v) is 6.44. The van der Waals surface area contributed by atoms with Crippen LogP contribution in [0.3, 0.4) is 0 Å². The van der Waals surface area contributed by atoms with E-state index in [1.54, 1.807) is 6.07 Å². The van der Waals surface area contributed by atoms with Crippen molar-refractivity contribution in [1.29, 1.82) is 0 Å². The predicted molar refractivity (Wildman–Crippen MR) is 69.5 cm³/mol. The van der Waals surface area contributed by atoms with Crippen LogP contribution in [0.15, 0.2) is 38.7 Å². The summed E-state index contributed by atoms with van der Waals surface area (Å²) < 4.78 is 10.5. The van der Waals surface area contributed by atoms with E-state index >= 15 is 0 Å². The van der Waals surface area contributed by atoms with E-state index in [9.17, 15) is 9.90 Å². The number of furan rings is 1. The van der Waals surface area contributed by atoms with Gasteiger partial charge in [0, 0.05) is 0 Å². The smallest absolute Gasteiger partial charge is 0.358 e. The number of nitrogens with zero attached hydrogens (tertiary/aromatic N) is 1. The summed E-state index contributed by atoms with van der Waals surface area (Å²) in [6.45, 7) is 0. The van der Waals surface area contributed by atoms with Gasteiger partial charge in [0.15, 0.2) is 11.5 Å². The van der Waals surface area contributed by atoms with Gasteiger partial charge in [-0.2, -0.15) is 0 Å². The molecule has 0 amide bonds. The van der Waals surface area contributed by atoms with E-state index in [1.165, 1.54) is 23.7 Å². The SMILES string of the molecule is O=C(O)c1nc(-c2cccs2)oc1-c1ccoc1Cl. The molecule has 3 aromatic heterocycles. The Labute approximate surface area is 116 Å². The van der Waals surface area contributed by atoms with Gasteiger partial charge in [0.2, 0.25) is 11.1 Å². The molecule has 0 fully saturated rings. The molecule has 0 aromatic carbocycles. The summed E-state index contributed by atoms with van der Waals surface area (Å²) in [5.74, 6) is -0.840. The van der Waals surface area contributed by atoms with E-state index in [0.29, 0.717) is 5.56 Å². The minimum atomic E-state index is -1.18. The minimum Gasteiger partial charge on any atom is -0.476 e. The average molecular weight is 296 g/mol. The fourth-order valence-electron chi connectivity index (χ4n) is 1.61. The minimum absolute atomic E-state index is 0.0661. The van der Waals surface area contributed by atoms with Gasteiger partial charge in [0.25, 0.3) is 0 Å². The summed E-state index contributed by atoms with van der Waals surface area (Å²) in [5.41, 5.74) is 0.182. The first-order valence-electron chi connectivity index (χ1n) is 5.18. The zero-order valence-electron chi connectivity index (χ0n) is 9.29. The van der Waals surface area contributed by atoms with Crippen molar-refractivity contribution in [2.45, 2.75) is 0 Å². The van der Waals surface area contributed by atoms with Gasteiger partial charge < -0.3 is 13.9 Å². The number of carboxylic acids is 1. The van der Waals surface area contributed by atoms with E-state index in [1.807, 2.05) is 11.4 Å². The van der Waals surface area contributed by atoms with Gasteiger partial charge in [-0.15, -0.1) is 11.3 Å². The Morgan fingerprint density at radius 1 is 1.42 bits per heavy atom. The monoisotopic (exact) mass is 295 g/mol. The van der Waals surface area contributed by atoms with Gasteiger partial charge in [-0.25, -0.2) is 9.78 Å². The van der Waals surface area contributed by atoms with Crippen LogP contribution >= 0.6 is 22.9 Å². The molecule has 5 nitrogen and oxygen atoms in total. The van der Waals surface area contributed by atoms with Crippen LogP contribution in [-0.4, -0.2) is 16.1 Å². The fourth-order valence-corrected chi connectivity index (χ4v) is 2.46. The summed E-state index contributed by atoms with van der Waals surface area (Å²) in [7, 11) is 0. The van der Waals surface area contributed by atoms with Crippen LogP contribution in [0.5, 0.6) is 0 Å². The van der Waals surface area contributed by atoms with Gasteiger partial charge in [-0.3, -0.25) is 0 Å². The molecule has 3 rings (SSSR count). The topological polar surface area (TPSA) is 76.5 Å². The molecule has 96 valence electrons. The number of carbonyl (C=O) groups is 1. The highest BCUT2D eigenvalue weighted by atomic mass is 35.5. The molecular formula is C12H6ClNO4S. The van der Waals surface area contributed by atoms with E-state index in [2.05, 4.69) is 4.98 Å². The van der Waals surface area contributed by atoms with E-state index in [4.69, 9.17) is 20.4 Å². The van der Waals surface area contributed by atoms with Crippen molar-refractivity contribution in [3.8, 4) is 22.1 Å². The van der Waals surface area contributed by atoms with Gasteiger partial charge in [0.1, 0.15) is 0 Å². The quantitative estimate of drug-likeness (QED) is 0.790. The fraction of sp³-hybridized carbons (Fsp3) is 0. The summed E-state index contributed by atoms with van der Waals surface area (Å²) >= 11 is 7.25. The van der Waals surface area contributed by atoms with Crippen molar-refractivity contribution in [2.24, 2.45) is 0 Å². The molecule has 0 aliphatic rings. The second-order valence-electron chi connectivity index (χ2n) is 3.59. The van der Waals surface area contributed by atoms with Crippen LogP contribution in [0.4, 0.5) is 0 Å². The largest absolute Gasteiger partial charge is 0.476 e. The Balaban J connectivity index is 2.19. The highest BCUT2D eigenvalue weighted by molar-refractivity contribution is 7.13. The van der Waals surface area contributed by atoms with Crippen LogP contribution in [-0.2, 0) is 0 Å². The van der Waals surface area contributed by atoms with Gasteiger partial charge in [0.05, 0.1) is 16.7 Å². The zero-order chi connectivity index (χ0) is 13.4. The van der Waals surface area contributed by atoms with E-state index < -0.39 is 5.97 Å². The number of aromatic nitrogens is 1. The van der Waals surface area contributed by atoms with Crippen molar-refractivity contribution in [3.05, 3.63) is 40.8 Å². The Morgan fingerprint density at radius 2 is 2.26 bits per heavy atom. The summed E-state index contributed by atoms with van der Waals surface area (Å²) in [6, 6.07) is 5.16. The first kappa shape index (κ1) is 12.0. The van der Waals surface area contributed by atoms with Crippen molar-refractivity contribution in [1.82, 2.24) is 4.98 Å².